The molecular weight excluding hydrogens is 580 g/mol. The minimum atomic E-state index is -1.04. The minimum absolute atomic E-state index is 0.0381. The first kappa shape index (κ1) is 31.1. The van der Waals surface area contributed by atoms with Crippen LogP contribution in [0.25, 0.3) is 0 Å². The van der Waals surface area contributed by atoms with Crippen LogP contribution in [0.2, 0.25) is 0 Å². The van der Waals surface area contributed by atoms with Gasteiger partial charge in [0.1, 0.15) is 35.6 Å². The van der Waals surface area contributed by atoms with Gasteiger partial charge in [-0.1, -0.05) is 54.6 Å². The molecule has 2 unspecified atom stereocenters. The van der Waals surface area contributed by atoms with Crippen LogP contribution < -0.4 is 14.8 Å². The number of carboxylic acids is 2. The second-order valence-electron chi connectivity index (χ2n) is 9.31. The molecule has 0 aromatic heterocycles. The number of carbonyl (C=O) groups excluding carboxylic acids is 1. The van der Waals surface area contributed by atoms with Gasteiger partial charge in [0.25, 0.3) is 0 Å². The van der Waals surface area contributed by atoms with Gasteiger partial charge in [0, 0.05) is 11.5 Å². The summed E-state index contributed by atoms with van der Waals surface area (Å²) in [5.74, 6) is 0.505. The summed E-state index contributed by atoms with van der Waals surface area (Å²) in [6, 6.07) is 22.8. The van der Waals surface area contributed by atoms with Crippen molar-refractivity contribution in [1.82, 2.24) is 10.2 Å². The van der Waals surface area contributed by atoms with Crippen LogP contribution in [-0.4, -0.2) is 71.0 Å². The molecule has 10 nitrogen and oxygen atoms in total. The number of nitrogens with one attached hydrogen (secondary N) is 1. The molecule has 2 saturated heterocycles. The maximum atomic E-state index is 12.7. The summed E-state index contributed by atoms with van der Waals surface area (Å²) in [4.78, 5) is 36.4. The summed E-state index contributed by atoms with van der Waals surface area (Å²) in [5, 5.41) is 21.0. The predicted molar refractivity (Wildman–Crippen MR) is 161 cm³/mol. The van der Waals surface area contributed by atoms with Crippen molar-refractivity contribution >= 4 is 41.6 Å². The Bertz CT molecular complexity index is 1380. The summed E-state index contributed by atoms with van der Waals surface area (Å²) >= 11 is 3.00. The van der Waals surface area contributed by atoms with Crippen molar-refractivity contribution in [3.63, 3.8) is 0 Å². The lowest BCUT2D eigenvalue weighted by Gasteiger charge is -2.27. The third-order valence-corrected chi connectivity index (χ3v) is 9.15. The quantitative estimate of drug-likeness (QED) is 0.317. The van der Waals surface area contributed by atoms with Crippen LogP contribution in [0.15, 0.2) is 78.9 Å². The molecule has 0 radical (unpaired) electrons. The van der Waals surface area contributed by atoms with E-state index in [2.05, 4.69) is 5.32 Å². The Morgan fingerprint density at radius 1 is 0.833 bits per heavy atom. The standard InChI is InChI=1S/C19H19NO5S.C11H13NO3S/c1-24-15-9-5-8-14(10-15)17-20(16(12-26-17)18(21)22)19(23)25-11-13-6-3-2-4-7-13;1-15-8-4-2-3-7(5-8)10-12-9(6-16-10)11(13)14/h2-10,16-17H,11-12H2,1H3,(H,21,22);2-5,9-10,12H,6H2,1H3,(H,13,14)/t16?,17-;9?,10-/m11/s1. The number of nitrogens with zero attached hydrogens (tertiary/aromatic N) is 1. The maximum absolute atomic E-state index is 12.7. The number of ether oxygens (including phenoxy) is 3. The van der Waals surface area contributed by atoms with Crippen LogP contribution in [0.1, 0.15) is 27.4 Å². The van der Waals surface area contributed by atoms with E-state index in [4.69, 9.17) is 19.3 Å². The highest BCUT2D eigenvalue weighted by molar-refractivity contribution is 8.00. The molecular formula is C30H32N2O8S2. The number of thioether (sulfide) groups is 2. The topological polar surface area (TPSA) is 135 Å². The van der Waals surface area contributed by atoms with Crippen molar-refractivity contribution in [2.24, 2.45) is 0 Å². The minimum Gasteiger partial charge on any atom is -0.497 e. The fraction of sp³-hybridized carbons (Fsp3) is 0.300. The van der Waals surface area contributed by atoms with Gasteiger partial charge in [0.15, 0.2) is 0 Å². The van der Waals surface area contributed by atoms with Crippen LogP contribution >= 0.6 is 23.5 Å². The van der Waals surface area contributed by atoms with Crippen molar-refractivity contribution in [3.05, 3.63) is 95.6 Å². The highest BCUT2D eigenvalue weighted by Gasteiger charge is 2.43. The lowest BCUT2D eigenvalue weighted by Crippen LogP contribution is -2.43. The molecule has 0 spiro atoms. The van der Waals surface area contributed by atoms with E-state index in [0.717, 1.165) is 22.4 Å². The average Bonchev–Trinajstić information content (AvgIpc) is 3.70. The van der Waals surface area contributed by atoms with Crippen LogP contribution in [0, 0.1) is 0 Å². The Labute approximate surface area is 252 Å². The lowest BCUT2D eigenvalue weighted by atomic mass is 10.1. The lowest BCUT2D eigenvalue weighted by molar-refractivity contribution is -0.142. The first-order chi connectivity index (χ1) is 20.3. The molecule has 0 saturated carbocycles. The molecule has 2 fully saturated rings. The first-order valence-electron chi connectivity index (χ1n) is 13.0. The number of amides is 1. The van der Waals surface area contributed by atoms with Crippen molar-refractivity contribution in [1.29, 1.82) is 0 Å². The first-order valence-corrected chi connectivity index (χ1v) is 15.1. The molecule has 3 N–H and O–H groups in total. The van der Waals surface area contributed by atoms with E-state index in [1.807, 2.05) is 66.7 Å². The summed E-state index contributed by atoms with van der Waals surface area (Å²) < 4.78 is 15.7. The van der Waals surface area contributed by atoms with E-state index < -0.39 is 35.5 Å². The molecule has 1 amide bonds. The normalized spacial score (nSPS) is 21.1. The molecule has 2 aliphatic heterocycles. The smallest absolute Gasteiger partial charge is 0.412 e. The Morgan fingerprint density at radius 2 is 1.48 bits per heavy atom. The van der Waals surface area contributed by atoms with Crippen molar-refractivity contribution in [2.75, 3.05) is 25.7 Å². The number of benzene rings is 3. The van der Waals surface area contributed by atoms with E-state index in [-0.39, 0.29) is 12.0 Å². The largest absolute Gasteiger partial charge is 0.497 e. The van der Waals surface area contributed by atoms with Crippen LogP contribution in [0.5, 0.6) is 11.5 Å². The van der Waals surface area contributed by atoms with Crippen molar-refractivity contribution in [2.45, 2.75) is 29.4 Å². The number of aliphatic carboxylic acids is 2. The van der Waals surface area contributed by atoms with Gasteiger partial charge >= 0.3 is 18.0 Å². The SMILES string of the molecule is COc1cccc([C@@H]2NC(C(=O)O)CS2)c1.COc1cccc([C@H]2SCC(C(=O)O)N2C(=O)OCc2ccccc2)c1. The molecule has 2 aliphatic rings. The Morgan fingerprint density at radius 3 is 2.07 bits per heavy atom. The third-order valence-electron chi connectivity index (χ3n) is 6.56. The van der Waals surface area contributed by atoms with Gasteiger partial charge in [-0.25, -0.2) is 9.59 Å². The second-order valence-corrected chi connectivity index (χ2v) is 11.6. The Kier molecular flexibility index (Phi) is 11.0. The number of rotatable bonds is 8. The Hall–Kier alpha value is -3.87. The average molecular weight is 613 g/mol. The van der Waals surface area contributed by atoms with E-state index in [1.54, 1.807) is 38.1 Å². The van der Waals surface area contributed by atoms with Gasteiger partial charge < -0.3 is 24.4 Å². The summed E-state index contributed by atoms with van der Waals surface area (Å²) in [6.45, 7) is 0.0952. The molecule has 4 atom stereocenters. The van der Waals surface area contributed by atoms with Gasteiger partial charge in [-0.15, -0.1) is 23.5 Å². The molecule has 0 bridgehead atoms. The van der Waals surface area contributed by atoms with Crippen LogP contribution in [0.4, 0.5) is 4.79 Å². The van der Waals surface area contributed by atoms with E-state index in [0.29, 0.717) is 17.3 Å². The molecule has 42 heavy (non-hydrogen) atoms. The number of methoxy groups -OCH3 is 2. The zero-order chi connectivity index (χ0) is 30.1. The number of hydrogen-bond acceptors (Lipinski definition) is 9. The monoisotopic (exact) mass is 612 g/mol. The number of carboxylic acid groups (broad SMARTS) is 2. The zero-order valence-electron chi connectivity index (χ0n) is 23.0. The maximum Gasteiger partial charge on any atom is 0.412 e. The highest BCUT2D eigenvalue weighted by atomic mass is 32.2. The molecule has 222 valence electrons. The molecule has 0 aliphatic carbocycles. The van der Waals surface area contributed by atoms with Crippen LogP contribution in [-0.2, 0) is 20.9 Å². The summed E-state index contributed by atoms with van der Waals surface area (Å²) in [5.41, 5.74) is 2.69. The highest BCUT2D eigenvalue weighted by Crippen LogP contribution is 2.42. The fourth-order valence-corrected chi connectivity index (χ4v) is 7.00. The molecule has 5 rings (SSSR count). The zero-order valence-corrected chi connectivity index (χ0v) is 24.7. The fourth-order valence-electron chi connectivity index (χ4n) is 4.38. The van der Waals surface area contributed by atoms with E-state index in [9.17, 15) is 19.5 Å². The van der Waals surface area contributed by atoms with Crippen molar-refractivity contribution < 1.29 is 38.8 Å². The number of carbonyl (C=O) groups is 3. The van der Waals surface area contributed by atoms with Gasteiger partial charge in [-0.3, -0.25) is 15.0 Å². The van der Waals surface area contributed by atoms with Crippen LogP contribution in [0.3, 0.4) is 0 Å². The predicted octanol–water partition coefficient (Wildman–Crippen LogP) is 5.02. The van der Waals surface area contributed by atoms with Gasteiger partial charge in [-0.05, 0) is 41.0 Å². The second kappa shape index (κ2) is 14.9. The summed E-state index contributed by atoms with van der Waals surface area (Å²) in [7, 11) is 3.18. The van der Waals surface area contributed by atoms with Gasteiger partial charge in [-0.2, -0.15) is 0 Å². The van der Waals surface area contributed by atoms with Gasteiger partial charge in [0.2, 0.25) is 0 Å². The van der Waals surface area contributed by atoms with Crippen molar-refractivity contribution in [3.8, 4) is 11.5 Å². The van der Waals surface area contributed by atoms with E-state index >= 15 is 0 Å². The molecule has 3 aromatic rings. The molecule has 12 heteroatoms. The number of hydrogen-bond donors (Lipinski definition) is 3. The molecule has 2 heterocycles. The third kappa shape index (κ3) is 7.90. The van der Waals surface area contributed by atoms with Gasteiger partial charge in [0.05, 0.1) is 19.6 Å². The Balaban J connectivity index is 0.000000216. The molecule has 3 aromatic carbocycles. The van der Waals surface area contributed by atoms with E-state index in [1.165, 1.54) is 16.7 Å². The summed E-state index contributed by atoms with van der Waals surface area (Å²) in [6.07, 6.45) is -0.640.